The standard InChI is InChI=1S/C8H10N4/c1-12-3-2-5-6(9)4-7(10)11-8(5)12/h2-4H,1H3,(H4,9,10,11). The van der Waals surface area contributed by atoms with Crippen LogP contribution in [0.15, 0.2) is 18.3 Å². The largest absolute Gasteiger partial charge is 0.398 e. The number of rotatable bonds is 0. The van der Waals surface area contributed by atoms with E-state index in [1.165, 1.54) is 0 Å². The Kier molecular flexibility index (Phi) is 1.24. The summed E-state index contributed by atoms with van der Waals surface area (Å²) < 4.78 is 1.89. The third kappa shape index (κ3) is 0.812. The molecule has 2 rings (SSSR count). The van der Waals surface area contributed by atoms with E-state index in [0.717, 1.165) is 11.0 Å². The number of nitrogens with two attached hydrogens (primary N) is 2. The van der Waals surface area contributed by atoms with Gasteiger partial charge in [-0.3, -0.25) is 0 Å². The van der Waals surface area contributed by atoms with Crippen LogP contribution in [0.3, 0.4) is 0 Å². The van der Waals surface area contributed by atoms with Crippen molar-refractivity contribution in [1.82, 2.24) is 9.55 Å². The lowest BCUT2D eigenvalue weighted by Crippen LogP contribution is -1.96. The molecule has 0 aromatic carbocycles. The summed E-state index contributed by atoms with van der Waals surface area (Å²) >= 11 is 0. The fourth-order valence-electron chi connectivity index (χ4n) is 1.28. The molecule has 0 saturated heterocycles. The molecule has 2 heterocycles. The van der Waals surface area contributed by atoms with Crippen molar-refractivity contribution in [1.29, 1.82) is 0 Å². The Balaban J connectivity index is 2.92. The number of aromatic nitrogens is 2. The van der Waals surface area contributed by atoms with E-state index in [1.807, 2.05) is 23.9 Å². The van der Waals surface area contributed by atoms with E-state index in [0.29, 0.717) is 11.5 Å². The van der Waals surface area contributed by atoms with Crippen LogP contribution >= 0.6 is 0 Å². The van der Waals surface area contributed by atoms with Gasteiger partial charge in [0.1, 0.15) is 11.5 Å². The molecule has 0 aliphatic rings. The topological polar surface area (TPSA) is 69.9 Å². The Morgan fingerprint density at radius 3 is 2.92 bits per heavy atom. The molecule has 4 N–H and O–H groups in total. The normalized spacial score (nSPS) is 10.8. The maximum Gasteiger partial charge on any atom is 0.144 e. The first kappa shape index (κ1) is 6.97. The van der Waals surface area contributed by atoms with Crippen molar-refractivity contribution in [2.24, 2.45) is 7.05 Å². The highest BCUT2D eigenvalue weighted by Crippen LogP contribution is 2.21. The number of aryl methyl sites for hydroxylation is 1. The van der Waals surface area contributed by atoms with Crippen LogP contribution in [0.5, 0.6) is 0 Å². The van der Waals surface area contributed by atoms with Crippen LogP contribution in [0, 0.1) is 0 Å². The lowest BCUT2D eigenvalue weighted by atomic mass is 10.3. The zero-order valence-corrected chi connectivity index (χ0v) is 6.78. The molecule has 0 aliphatic carbocycles. The number of nitrogen functional groups attached to an aromatic ring is 2. The van der Waals surface area contributed by atoms with Gasteiger partial charge in [0.15, 0.2) is 0 Å². The number of nitrogens with zero attached hydrogens (tertiary/aromatic N) is 2. The molecule has 0 radical (unpaired) electrons. The van der Waals surface area contributed by atoms with Crippen molar-refractivity contribution in [2.45, 2.75) is 0 Å². The van der Waals surface area contributed by atoms with Gasteiger partial charge in [0, 0.05) is 30.4 Å². The molecule has 0 bridgehead atoms. The maximum atomic E-state index is 5.74. The monoisotopic (exact) mass is 162 g/mol. The summed E-state index contributed by atoms with van der Waals surface area (Å²) in [6.45, 7) is 0. The Morgan fingerprint density at radius 1 is 1.42 bits per heavy atom. The average Bonchev–Trinajstić information content (AvgIpc) is 2.33. The molecule has 2 aromatic heterocycles. The van der Waals surface area contributed by atoms with E-state index in [-0.39, 0.29) is 0 Å². The Hall–Kier alpha value is -1.71. The van der Waals surface area contributed by atoms with E-state index in [2.05, 4.69) is 4.98 Å². The molecule has 12 heavy (non-hydrogen) atoms. The van der Waals surface area contributed by atoms with Gasteiger partial charge in [0.25, 0.3) is 0 Å². The van der Waals surface area contributed by atoms with E-state index in [9.17, 15) is 0 Å². The molecule has 0 unspecified atom stereocenters. The highest BCUT2D eigenvalue weighted by atomic mass is 15.0. The molecule has 2 aromatic rings. The Morgan fingerprint density at radius 2 is 2.17 bits per heavy atom. The van der Waals surface area contributed by atoms with Gasteiger partial charge in [-0.1, -0.05) is 0 Å². The number of fused-ring (bicyclic) bond motifs is 1. The smallest absolute Gasteiger partial charge is 0.144 e. The van der Waals surface area contributed by atoms with E-state index in [1.54, 1.807) is 6.07 Å². The summed E-state index contributed by atoms with van der Waals surface area (Å²) in [6.07, 6.45) is 1.91. The maximum absolute atomic E-state index is 5.74. The van der Waals surface area contributed by atoms with Crippen molar-refractivity contribution in [3.63, 3.8) is 0 Å². The van der Waals surface area contributed by atoms with Crippen LogP contribution in [0.4, 0.5) is 11.5 Å². The highest BCUT2D eigenvalue weighted by Gasteiger charge is 2.03. The van der Waals surface area contributed by atoms with Crippen LogP contribution in [0.2, 0.25) is 0 Å². The second-order valence-corrected chi connectivity index (χ2v) is 2.80. The molecule has 62 valence electrons. The van der Waals surface area contributed by atoms with E-state index < -0.39 is 0 Å². The molecule has 0 saturated carbocycles. The zero-order chi connectivity index (χ0) is 8.72. The Labute approximate surface area is 69.8 Å². The fourth-order valence-corrected chi connectivity index (χ4v) is 1.28. The average molecular weight is 162 g/mol. The molecular weight excluding hydrogens is 152 g/mol. The summed E-state index contributed by atoms with van der Waals surface area (Å²) in [5.74, 6) is 0.460. The first-order valence-electron chi connectivity index (χ1n) is 3.65. The van der Waals surface area contributed by atoms with Crippen LogP contribution < -0.4 is 11.5 Å². The lowest BCUT2D eigenvalue weighted by Gasteiger charge is -1.99. The van der Waals surface area contributed by atoms with Gasteiger partial charge in [0.2, 0.25) is 0 Å². The first-order chi connectivity index (χ1) is 5.68. The summed E-state index contributed by atoms with van der Waals surface area (Å²) in [7, 11) is 1.91. The van der Waals surface area contributed by atoms with Gasteiger partial charge in [-0.15, -0.1) is 0 Å². The second-order valence-electron chi connectivity index (χ2n) is 2.80. The molecule has 0 fully saturated rings. The second kappa shape index (κ2) is 2.14. The summed E-state index contributed by atoms with van der Waals surface area (Å²) in [5, 5.41) is 0.951. The molecule has 0 atom stereocenters. The lowest BCUT2D eigenvalue weighted by molar-refractivity contribution is 0.950. The Bertz CT molecular complexity index is 430. The van der Waals surface area contributed by atoms with Crippen LogP contribution in [-0.2, 0) is 7.05 Å². The zero-order valence-electron chi connectivity index (χ0n) is 6.78. The van der Waals surface area contributed by atoms with Crippen molar-refractivity contribution >= 4 is 22.5 Å². The van der Waals surface area contributed by atoms with Gasteiger partial charge in [0.05, 0.1) is 0 Å². The third-order valence-electron chi connectivity index (χ3n) is 1.89. The van der Waals surface area contributed by atoms with Gasteiger partial charge >= 0.3 is 0 Å². The fraction of sp³-hybridized carbons (Fsp3) is 0.125. The van der Waals surface area contributed by atoms with E-state index in [4.69, 9.17) is 11.5 Å². The summed E-state index contributed by atoms with van der Waals surface area (Å²) in [4.78, 5) is 4.16. The predicted octanol–water partition coefficient (Wildman–Crippen LogP) is 0.738. The van der Waals surface area contributed by atoms with Crippen LogP contribution in [0.1, 0.15) is 0 Å². The number of hydrogen-bond donors (Lipinski definition) is 2. The predicted molar refractivity (Wildman–Crippen MR) is 49.5 cm³/mol. The number of anilines is 2. The van der Waals surface area contributed by atoms with Crippen LogP contribution in [-0.4, -0.2) is 9.55 Å². The van der Waals surface area contributed by atoms with Gasteiger partial charge in [-0.25, -0.2) is 4.98 Å². The van der Waals surface area contributed by atoms with Crippen molar-refractivity contribution in [3.8, 4) is 0 Å². The first-order valence-corrected chi connectivity index (χ1v) is 3.65. The minimum absolute atomic E-state index is 0.460. The van der Waals surface area contributed by atoms with Gasteiger partial charge in [-0.2, -0.15) is 0 Å². The van der Waals surface area contributed by atoms with Crippen molar-refractivity contribution < 1.29 is 0 Å². The van der Waals surface area contributed by atoms with Gasteiger partial charge in [-0.05, 0) is 6.07 Å². The minimum Gasteiger partial charge on any atom is -0.398 e. The molecule has 0 spiro atoms. The summed E-state index contributed by atoms with van der Waals surface area (Å²) in [5.41, 5.74) is 12.8. The number of hydrogen-bond acceptors (Lipinski definition) is 3. The molecule has 0 amide bonds. The van der Waals surface area contributed by atoms with Crippen molar-refractivity contribution in [3.05, 3.63) is 18.3 Å². The molecule has 4 heteroatoms. The van der Waals surface area contributed by atoms with E-state index >= 15 is 0 Å². The van der Waals surface area contributed by atoms with Crippen molar-refractivity contribution in [2.75, 3.05) is 11.5 Å². The minimum atomic E-state index is 0.460. The molecular formula is C8H10N4. The van der Waals surface area contributed by atoms with Gasteiger partial charge < -0.3 is 16.0 Å². The SMILES string of the molecule is Cn1ccc2c(N)cc(N)nc21. The number of pyridine rings is 1. The highest BCUT2D eigenvalue weighted by molar-refractivity contribution is 5.90. The third-order valence-corrected chi connectivity index (χ3v) is 1.89. The quantitative estimate of drug-likeness (QED) is 0.600. The molecule has 0 aliphatic heterocycles. The van der Waals surface area contributed by atoms with Crippen LogP contribution in [0.25, 0.3) is 11.0 Å². The molecule has 4 nitrogen and oxygen atoms in total. The summed E-state index contributed by atoms with van der Waals surface area (Å²) in [6, 6.07) is 3.60.